The Morgan fingerprint density at radius 3 is 2.68 bits per heavy atom. The zero-order valence-electron chi connectivity index (χ0n) is 14.9. The number of phenolic OH excluding ortho intramolecular Hbond substituents is 2. The zero-order valence-corrected chi connectivity index (χ0v) is 15.8. The van der Waals surface area contributed by atoms with E-state index in [1.165, 1.54) is 29.3 Å². The molecule has 3 rings (SSSR count). The fourth-order valence-electron chi connectivity index (χ4n) is 2.71. The summed E-state index contributed by atoms with van der Waals surface area (Å²) >= 11 is 0.977. The zero-order chi connectivity index (χ0) is 20.3. The smallest absolute Gasteiger partial charge is 0.247 e. The van der Waals surface area contributed by atoms with E-state index in [1.54, 1.807) is 12.1 Å². The molecule has 0 radical (unpaired) electrons. The van der Waals surface area contributed by atoms with Gasteiger partial charge in [0, 0.05) is 6.42 Å². The maximum atomic E-state index is 12.7. The number of amides is 2. The largest absolute Gasteiger partial charge is 0.504 e. The lowest BCUT2D eigenvalue weighted by molar-refractivity contribution is -0.121. The van der Waals surface area contributed by atoms with Gasteiger partial charge in [-0.1, -0.05) is 30.0 Å². The van der Waals surface area contributed by atoms with Crippen molar-refractivity contribution in [2.75, 3.05) is 4.90 Å². The van der Waals surface area contributed by atoms with E-state index < -0.39 is 5.25 Å². The van der Waals surface area contributed by atoms with Crippen LogP contribution in [0.25, 0.3) is 0 Å². The number of hydrogen-bond acceptors (Lipinski definition) is 7. The number of nitrogens with zero attached hydrogens (tertiary/aromatic N) is 3. The molecule has 2 aromatic carbocycles. The van der Waals surface area contributed by atoms with Crippen LogP contribution in [0.15, 0.2) is 52.7 Å². The van der Waals surface area contributed by atoms with E-state index in [4.69, 9.17) is 5.73 Å². The molecule has 8 nitrogen and oxygen atoms in total. The molecule has 0 spiro atoms. The fraction of sp³-hybridized carbons (Fsp3) is 0.158. The summed E-state index contributed by atoms with van der Waals surface area (Å²) in [5, 5.41) is 25.7. The van der Waals surface area contributed by atoms with Crippen LogP contribution in [0.1, 0.15) is 17.5 Å². The molecule has 1 atom stereocenters. The van der Waals surface area contributed by atoms with Crippen molar-refractivity contribution in [3.8, 4) is 11.5 Å². The molecule has 0 unspecified atom stereocenters. The molecule has 1 aliphatic rings. The highest BCUT2D eigenvalue weighted by Gasteiger charge is 2.41. The molecule has 0 saturated carbocycles. The van der Waals surface area contributed by atoms with Crippen LogP contribution in [-0.2, 0) is 9.59 Å². The Kier molecular flexibility index (Phi) is 5.65. The molecule has 0 aliphatic carbocycles. The molecular formula is C19H18N4O4S. The minimum absolute atomic E-state index is 0.0314. The number of amidine groups is 1. The van der Waals surface area contributed by atoms with Crippen LogP contribution in [0.4, 0.5) is 5.69 Å². The van der Waals surface area contributed by atoms with Crippen LogP contribution in [0, 0.1) is 6.92 Å². The third kappa shape index (κ3) is 4.15. The van der Waals surface area contributed by atoms with Crippen molar-refractivity contribution in [1.82, 2.24) is 0 Å². The van der Waals surface area contributed by atoms with Crippen LogP contribution in [0.2, 0.25) is 0 Å². The van der Waals surface area contributed by atoms with E-state index in [9.17, 15) is 19.8 Å². The van der Waals surface area contributed by atoms with Gasteiger partial charge < -0.3 is 15.9 Å². The van der Waals surface area contributed by atoms with Gasteiger partial charge in [-0.3, -0.25) is 9.59 Å². The maximum Gasteiger partial charge on any atom is 0.247 e. The third-order valence-electron chi connectivity index (χ3n) is 4.09. The van der Waals surface area contributed by atoms with Crippen molar-refractivity contribution >= 4 is 40.6 Å². The van der Waals surface area contributed by atoms with E-state index in [-0.39, 0.29) is 34.9 Å². The van der Waals surface area contributed by atoms with Crippen molar-refractivity contribution in [2.24, 2.45) is 15.9 Å². The number of aryl methyl sites for hydroxylation is 1. The lowest BCUT2D eigenvalue weighted by Crippen LogP contribution is -2.32. The molecule has 1 fully saturated rings. The van der Waals surface area contributed by atoms with Gasteiger partial charge in [0.2, 0.25) is 11.8 Å². The molecule has 28 heavy (non-hydrogen) atoms. The summed E-state index contributed by atoms with van der Waals surface area (Å²) in [6.07, 6.45) is 1.37. The summed E-state index contributed by atoms with van der Waals surface area (Å²) in [4.78, 5) is 26.2. The second kappa shape index (κ2) is 8.13. The SMILES string of the molecule is Cc1ccccc1N1C(=O)C[C@H](S/C(N)=N/N=C/c2ccc(O)c(O)c2)C1=O. The van der Waals surface area contributed by atoms with Gasteiger partial charge in [0.25, 0.3) is 0 Å². The second-order valence-corrected chi connectivity index (χ2v) is 7.32. The average molecular weight is 398 g/mol. The molecule has 144 valence electrons. The Labute approximate surface area is 165 Å². The Morgan fingerprint density at radius 2 is 1.96 bits per heavy atom. The highest BCUT2D eigenvalue weighted by Crippen LogP contribution is 2.31. The van der Waals surface area contributed by atoms with Gasteiger partial charge in [-0.25, -0.2) is 4.90 Å². The number of hydrogen-bond donors (Lipinski definition) is 3. The van der Waals surface area contributed by atoms with Gasteiger partial charge in [-0.05, 0) is 42.3 Å². The van der Waals surface area contributed by atoms with Gasteiger partial charge in [0.15, 0.2) is 16.7 Å². The first kappa shape index (κ1) is 19.4. The van der Waals surface area contributed by atoms with E-state index in [0.717, 1.165) is 17.3 Å². The number of carbonyl (C=O) groups excluding carboxylic acids is 2. The summed E-state index contributed by atoms with van der Waals surface area (Å²) in [5.41, 5.74) is 7.73. The molecule has 2 amide bonds. The third-order valence-corrected chi connectivity index (χ3v) is 5.06. The lowest BCUT2D eigenvalue weighted by atomic mass is 10.2. The molecule has 0 aromatic heterocycles. The number of thioether (sulfide) groups is 1. The van der Waals surface area contributed by atoms with Gasteiger partial charge >= 0.3 is 0 Å². The molecule has 1 saturated heterocycles. The summed E-state index contributed by atoms with van der Waals surface area (Å²) in [7, 11) is 0. The van der Waals surface area contributed by atoms with Crippen molar-refractivity contribution in [1.29, 1.82) is 0 Å². The summed E-state index contributed by atoms with van der Waals surface area (Å²) in [6, 6.07) is 11.4. The summed E-state index contributed by atoms with van der Waals surface area (Å²) in [6.45, 7) is 1.84. The summed E-state index contributed by atoms with van der Waals surface area (Å²) in [5.74, 6) is -1.14. The maximum absolute atomic E-state index is 12.7. The number of nitrogens with two attached hydrogens (primary N) is 1. The molecular weight excluding hydrogens is 380 g/mol. The first-order valence-electron chi connectivity index (χ1n) is 8.34. The average Bonchev–Trinajstić information content (AvgIpc) is 2.92. The van der Waals surface area contributed by atoms with Crippen LogP contribution in [-0.4, -0.2) is 38.7 Å². The molecule has 1 aliphatic heterocycles. The number of anilines is 1. The van der Waals surface area contributed by atoms with E-state index >= 15 is 0 Å². The van der Waals surface area contributed by atoms with Gasteiger partial charge in [0.1, 0.15) is 5.25 Å². The van der Waals surface area contributed by atoms with Gasteiger partial charge in [-0.15, -0.1) is 5.10 Å². The summed E-state index contributed by atoms with van der Waals surface area (Å²) < 4.78 is 0. The Balaban J connectivity index is 1.68. The number of benzene rings is 2. The van der Waals surface area contributed by atoms with E-state index in [2.05, 4.69) is 10.2 Å². The van der Waals surface area contributed by atoms with Gasteiger partial charge in [0.05, 0.1) is 11.9 Å². The second-order valence-electron chi connectivity index (χ2n) is 6.10. The van der Waals surface area contributed by atoms with Crippen molar-refractivity contribution < 1.29 is 19.8 Å². The Bertz CT molecular complexity index is 990. The normalized spacial score (nSPS) is 17.7. The predicted molar refractivity (Wildman–Crippen MR) is 109 cm³/mol. The number of carbonyl (C=O) groups is 2. The van der Waals surface area contributed by atoms with Crippen molar-refractivity contribution in [2.45, 2.75) is 18.6 Å². The number of imide groups is 1. The number of para-hydroxylation sites is 1. The first-order chi connectivity index (χ1) is 13.4. The van der Waals surface area contributed by atoms with Crippen molar-refractivity contribution in [3.63, 3.8) is 0 Å². The highest BCUT2D eigenvalue weighted by molar-refractivity contribution is 8.14. The quantitative estimate of drug-likeness (QED) is 0.238. The van der Waals surface area contributed by atoms with Crippen LogP contribution in [0.3, 0.4) is 0 Å². The molecule has 0 bridgehead atoms. The fourth-order valence-corrected chi connectivity index (χ4v) is 3.52. The molecule has 2 aromatic rings. The minimum Gasteiger partial charge on any atom is -0.504 e. The van der Waals surface area contributed by atoms with Gasteiger partial charge in [-0.2, -0.15) is 5.10 Å². The molecule has 9 heteroatoms. The topological polar surface area (TPSA) is 129 Å². The lowest BCUT2D eigenvalue weighted by Gasteiger charge is -2.16. The standard InChI is InChI=1S/C19H18N4O4S/c1-11-4-2-3-5-13(11)23-17(26)9-16(18(23)27)28-19(20)22-21-10-12-6-7-14(24)15(25)8-12/h2-8,10,16,24-25H,9H2,1H3,(H2,20,22)/b21-10+/t16-/m0/s1. The molecule has 1 heterocycles. The molecule has 4 N–H and O–H groups in total. The first-order valence-corrected chi connectivity index (χ1v) is 9.22. The minimum atomic E-state index is -0.663. The van der Waals surface area contributed by atoms with Crippen LogP contribution < -0.4 is 10.6 Å². The predicted octanol–water partition coefficient (Wildman–Crippen LogP) is 2.12. The number of aromatic hydroxyl groups is 2. The van der Waals surface area contributed by atoms with E-state index in [0.29, 0.717) is 11.3 Å². The number of rotatable bonds is 4. The monoisotopic (exact) mass is 398 g/mol. The highest BCUT2D eigenvalue weighted by atomic mass is 32.2. The van der Waals surface area contributed by atoms with Crippen molar-refractivity contribution in [3.05, 3.63) is 53.6 Å². The Hall–Kier alpha value is -3.33. The van der Waals surface area contributed by atoms with Crippen LogP contribution >= 0.6 is 11.8 Å². The van der Waals surface area contributed by atoms with E-state index in [1.807, 2.05) is 19.1 Å². The number of phenols is 2. The van der Waals surface area contributed by atoms with Crippen LogP contribution in [0.5, 0.6) is 11.5 Å². The Morgan fingerprint density at radius 1 is 1.21 bits per heavy atom.